The lowest BCUT2D eigenvalue weighted by Crippen LogP contribution is -2.33. The Labute approximate surface area is 176 Å². The van der Waals surface area contributed by atoms with E-state index in [9.17, 15) is 22.8 Å². The quantitative estimate of drug-likeness (QED) is 0.571. The molecule has 0 fully saturated rings. The summed E-state index contributed by atoms with van der Waals surface area (Å²) in [7, 11) is 0. The van der Waals surface area contributed by atoms with Crippen LogP contribution in [0.3, 0.4) is 0 Å². The average molecular weight is 441 g/mol. The van der Waals surface area contributed by atoms with Crippen LogP contribution in [0.25, 0.3) is 0 Å². The van der Waals surface area contributed by atoms with E-state index in [4.69, 9.17) is 11.6 Å². The molecular formula is C20H20ClF3N4O2. The van der Waals surface area contributed by atoms with E-state index in [1.165, 1.54) is 0 Å². The zero-order chi connectivity index (χ0) is 21.7. The third-order valence-electron chi connectivity index (χ3n) is 4.74. The Morgan fingerprint density at radius 1 is 1.27 bits per heavy atom. The number of pyridine rings is 1. The number of anilines is 2. The summed E-state index contributed by atoms with van der Waals surface area (Å²) in [4.78, 5) is 27.9. The van der Waals surface area contributed by atoms with Crippen LogP contribution in [0.5, 0.6) is 0 Å². The summed E-state index contributed by atoms with van der Waals surface area (Å²) in [5, 5.41) is 8.18. The third-order valence-corrected chi connectivity index (χ3v) is 5.03. The van der Waals surface area contributed by atoms with Crippen molar-refractivity contribution in [2.24, 2.45) is 5.92 Å². The van der Waals surface area contributed by atoms with Gasteiger partial charge in [-0.25, -0.2) is 4.98 Å². The molecule has 3 N–H and O–H groups in total. The number of nitrogens with one attached hydrogen (secondary N) is 3. The summed E-state index contributed by atoms with van der Waals surface area (Å²) < 4.78 is 37.8. The molecule has 1 aliphatic heterocycles. The molecule has 6 nitrogen and oxygen atoms in total. The molecule has 30 heavy (non-hydrogen) atoms. The molecule has 160 valence electrons. The van der Waals surface area contributed by atoms with Gasteiger partial charge in [-0.3, -0.25) is 9.59 Å². The van der Waals surface area contributed by atoms with Crippen LogP contribution >= 0.6 is 11.6 Å². The van der Waals surface area contributed by atoms with Gasteiger partial charge in [0.05, 0.1) is 10.6 Å². The van der Waals surface area contributed by atoms with Crippen LogP contribution in [-0.2, 0) is 22.2 Å². The Balaban J connectivity index is 1.39. The molecule has 0 bridgehead atoms. The molecule has 1 atom stereocenters. The number of carbonyl (C=O) groups excluding carboxylic acids is 2. The minimum atomic E-state index is -4.51. The number of benzene rings is 1. The van der Waals surface area contributed by atoms with E-state index >= 15 is 0 Å². The van der Waals surface area contributed by atoms with Crippen LogP contribution in [0.15, 0.2) is 36.5 Å². The highest BCUT2D eigenvalue weighted by Gasteiger charge is 2.31. The van der Waals surface area contributed by atoms with Gasteiger partial charge in [0, 0.05) is 37.3 Å². The lowest BCUT2D eigenvalue weighted by molar-refractivity contribution is -0.137. The van der Waals surface area contributed by atoms with Gasteiger partial charge in [0.1, 0.15) is 5.82 Å². The summed E-state index contributed by atoms with van der Waals surface area (Å²) in [5.41, 5.74) is 0.929. The monoisotopic (exact) mass is 440 g/mol. The van der Waals surface area contributed by atoms with Gasteiger partial charge in [-0.05, 0) is 30.5 Å². The highest BCUT2D eigenvalue weighted by molar-refractivity contribution is 6.32. The standard InChI is InChI=1S/C20H20ClF3N4O2/c21-15-10-14(20(22,23)24)11-27-18(15)26-8-7-25-17(29)6-5-13-9-12-3-1-2-4-16(12)28-19(13)30/h1-4,10-11,13H,5-9H2,(H,25,29)(H,26,27)(H,28,30). The fourth-order valence-corrected chi connectivity index (χ4v) is 3.38. The van der Waals surface area contributed by atoms with Crippen molar-refractivity contribution in [1.82, 2.24) is 10.3 Å². The second kappa shape index (κ2) is 9.34. The molecule has 1 unspecified atom stereocenters. The Bertz CT molecular complexity index is 937. The number of halogens is 4. The van der Waals surface area contributed by atoms with Crippen LogP contribution in [0, 0.1) is 5.92 Å². The van der Waals surface area contributed by atoms with Gasteiger partial charge in [-0.1, -0.05) is 29.8 Å². The number of nitrogens with zero attached hydrogens (tertiary/aromatic N) is 1. The van der Waals surface area contributed by atoms with E-state index in [1.54, 1.807) is 0 Å². The second-order valence-electron chi connectivity index (χ2n) is 6.92. The number of para-hydroxylation sites is 1. The van der Waals surface area contributed by atoms with Gasteiger partial charge >= 0.3 is 6.18 Å². The summed E-state index contributed by atoms with van der Waals surface area (Å²) in [6.07, 6.45) is -2.61. The Hall–Kier alpha value is -2.81. The topological polar surface area (TPSA) is 83.1 Å². The molecule has 0 saturated carbocycles. The van der Waals surface area contributed by atoms with E-state index in [1.807, 2.05) is 24.3 Å². The van der Waals surface area contributed by atoms with Crippen molar-refractivity contribution in [1.29, 1.82) is 0 Å². The smallest absolute Gasteiger partial charge is 0.367 e. The first-order chi connectivity index (χ1) is 14.2. The maximum Gasteiger partial charge on any atom is 0.417 e. The first-order valence-electron chi connectivity index (χ1n) is 9.36. The zero-order valence-corrected chi connectivity index (χ0v) is 16.6. The lowest BCUT2D eigenvalue weighted by Gasteiger charge is -2.24. The molecule has 1 aromatic heterocycles. The van der Waals surface area contributed by atoms with Crippen LogP contribution in [0.2, 0.25) is 5.02 Å². The minimum Gasteiger partial charge on any atom is -0.367 e. The lowest BCUT2D eigenvalue weighted by atomic mass is 9.89. The number of aromatic nitrogens is 1. The number of rotatable bonds is 7. The van der Waals surface area contributed by atoms with E-state index < -0.39 is 11.7 Å². The first-order valence-corrected chi connectivity index (χ1v) is 9.74. The minimum absolute atomic E-state index is 0.0915. The van der Waals surface area contributed by atoms with E-state index in [2.05, 4.69) is 20.9 Å². The fourth-order valence-electron chi connectivity index (χ4n) is 3.15. The fraction of sp³-hybridized carbons (Fsp3) is 0.350. The molecule has 0 aliphatic carbocycles. The van der Waals surface area contributed by atoms with Crippen molar-refractivity contribution >= 4 is 34.9 Å². The summed E-state index contributed by atoms with van der Waals surface area (Å²) >= 11 is 5.81. The van der Waals surface area contributed by atoms with Crippen molar-refractivity contribution in [2.45, 2.75) is 25.4 Å². The van der Waals surface area contributed by atoms with E-state index in [0.29, 0.717) is 19.0 Å². The SMILES string of the molecule is O=C(CCC1Cc2ccccc2NC1=O)NCCNc1ncc(C(F)(F)F)cc1Cl. The number of amides is 2. The summed E-state index contributed by atoms with van der Waals surface area (Å²) in [6.45, 7) is 0.471. The van der Waals surface area contributed by atoms with Gasteiger partial charge in [0.25, 0.3) is 0 Å². The average Bonchev–Trinajstić information content (AvgIpc) is 2.69. The van der Waals surface area contributed by atoms with Crippen molar-refractivity contribution in [3.8, 4) is 0 Å². The van der Waals surface area contributed by atoms with Crippen LogP contribution in [-0.4, -0.2) is 29.9 Å². The molecule has 1 aliphatic rings. The van der Waals surface area contributed by atoms with Gasteiger partial charge in [-0.15, -0.1) is 0 Å². The molecule has 0 saturated heterocycles. The first kappa shape index (κ1) is 21.9. The molecule has 0 radical (unpaired) electrons. The predicted molar refractivity (Wildman–Crippen MR) is 107 cm³/mol. The van der Waals surface area contributed by atoms with Crippen LogP contribution in [0.1, 0.15) is 24.0 Å². The Morgan fingerprint density at radius 3 is 2.77 bits per heavy atom. The molecule has 2 aromatic rings. The Kier molecular flexibility index (Phi) is 6.81. The van der Waals surface area contributed by atoms with Crippen molar-refractivity contribution < 1.29 is 22.8 Å². The van der Waals surface area contributed by atoms with Gasteiger partial charge in [0.15, 0.2) is 0 Å². The second-order valence-corrected chi connectivity index (χ2v) is 7.32. The maximum absolute atomic E-state index is 12.6. The molecule has 10 heteroatoms. The summed E-state index contributed by atoms with van der Waals surface area (Å²) in [6, 6.07) is 8.36. The van der Waals surface area contributed by atoms with Crippen molar-refractivity contribution in [3.63, 3.8) is 0 Å². The molecule has 1 aromatic carbocycles. The van der Waals surface area contributed by atoms with Gasteiger partial charge < -0.3 is 16.0 Å². The number of fused-ring (bicyclic) bond motifs is 1. The van der Waals surface area contributed by atoms with Gasteiger partial charge in [-0.2, -0.15) is 13.2 Å². The number of hydrogen-bond donors (Lipinski definition) is 3. The van der Waals surface area contributed by atoms with Crippen LogP contribution < -0.4 is 16.0 Å². The zero-order valence-electron chi connectivity index (χ0n) is 15.9. The largest absolute Gasteiger partial charge is 0.417 e. The Morgan fingerprint density at radius 2 is 2.03 bits per heavy atom. The summed E-state index contributed by atoms with van der Waals surface area (Å²) in [5.74, 6) is -0.462. The highest BCUT2D eigenvalue weighted by atomic mass is 35.5. The molecule has 0 spiro atoms. The van der Waals surface area contributed by atoms with Crippen LogP contribution in [0.4, 0.5) is 24.7 Å². The third kappa shape index (κ3) is 5.63. The number of alkyl halides is 3. The molecular weight excluding hydrogens is 421 g/mol. The normalized spacial score (nSPS) is 15.9. The predicted octanol–water partition coefficient (Wildman–Crippen LogP) is 3.87. The molecule has 2 amide bonds. The van der Waals surface area contributed by atoms with Crippen molar-refractivity contribution in [3.05, 3.63) is 52.7 Å². The number of carbonyl (C=O) groups is 2. The van der Waals surface area contributed by atoms with Gasteiger partial charge in [0.2, 0.25) is 11.8 Å². The maximum atomic E-state index is 12.6. The molecule has 3 rings (SSSR count). The van der Waals surface area contributed by atoms with E-state index in [0.717, 1.165) is 17.3 Å². The van der Waals surface area contributed by atoms with E-state index in [-0.39, 0.29) is 48.1 Å². The number of hydrogen-bond acceptors (Lipinski definition) is 4. The van der Waals surface area contributed by atoms with Crippen molar-refractivity contribution in [2.75, 3.05) is 23.7 Å². The molecule has 2 heterocycles. The highest BCUT2D eigenvalue weighted by Crippen LogP contribution is 2.32.